The van der Waals surface area contributed by atoms with Gasteiger partial charge in [-0.25, -0.2) is 4.79 Å². The maximum atomic E-state index is 12.2. The van der Waals surface area contributed by atoms with Crippen LogP contribution in [0.25, 0.3) is 0 Å². The van der Waals surface area contributed by atoms with Crippen LogP contribution in [0.5, 0.6) is 0 Å². The summed E-state index contributed by atoms with van der Waals surface area (Å²) in [5, 5.41) is 15.2. The maximum Gasteiger partial charge on any atom is 0.315 e. The number of hydrogen-bond acceptors (Lipinski definition) is 2. The summed E-state index contributed by atoms with van der Waals surface area (Å²) >= 11 is 0. The molecule has 3 rings (SSSR count). The zero-order chi connectivity index (χ0) is 16.1. The summed E-state index contributed by atoms with van der Waals surface area (Å²) in [6.07, 6.45) is 1.48. The van der Waals surface area contributed by atoms with Crippen LogP contribution in [0.1, 0.15) is 35.9 Å². The smallest absolute Gasteiger partial charge is 0.315 e. The zero-order valence-electron chi connectivity index (χ0n) is 13.0. The average Bonchev–Trinajstić information content (AvgIpc) is 3.35. The van der Waals surface area contributed by atoms with E-state index in [9.17, 15) is 9.90 Å². The van der Waals surface area contributed by atoms with Crippen molar-refractivity contribution >= 4 is 6.03 Å². The molecule has 0 saturated heterocycles. The molecule has 1 aliphatic carbocycles. The van der Waals surface area contributed by atoms with Gasteiger partial charge in [-0.05, 0) is 24.0 Å². The number of carbonyl (C=O) groups excluding carboxylic acids is 1. The van der Waals surface area contributed by atoms with Gasteiger partial charge >= 0.3 is 6.03 Å². The quantitative estimate of drug-likeness (QED) is 0.768. The molecule has 0 aliphatic heterocycles. The summed E-state index contributed by atoms with van der Waals surface area (Å²) in [6, 6.07) is 19.8. The van der Waals surface area contributed by atoms with Crippen LogP contribution in [0.15, 0.2) is 60.7 Å². The highest BCUT2D eigenvalue weighted by Gasteiger charge is 2.39. The SMILES string of the molecule is O=C(NC1CC1c1ccccc1)N[C@H](CCO)c1ccccc1. The van der Waals surface area contributed by atoms with Gasteiger partial charge in [-0.1, -0.05) is 60.7 Å². The summed E-state index contributed by atoms with van der Waals surface area (Å²) in [7, 11) is 0. The number of amides is 2. The number of urea groups is 1. The highest BCUT2D eigenvalue weighted by atomic mass is 16.3. The van der Waals surface area contributed by atoms with Crippen molar-refractivity contribution in [3.05, 3.63) is 71.8 Å². The second-order valence-corrected chi connectivity index (χ2v) is 5.95. The molecule has 0 spiro atoms. The molecule has 0 aromatic heterocycles. The van der Waals surface area contributed by atoms with Crippen LogP contribution in [0.4, 0.5) is 4.79 Å². The molecular formula is C19H22N2O2. The van der Waals surface area contributed by atoms with Crippen LogP contribution in [-0.4, -0.2) is 23.8 Å². The van der Waals surface area contributed by atoms with Gasteiger partial charge < -0.3 is 15.7 Å². The monoisotopic (exact) mass is 310 g/mol. The van der Waals surface area contributed by atoms with Crippen molar-refractivity contribution in [2.45, 2.75) is 30.8 Å². The Labute approximate surface area is 136 Å². The summed E-state index contributed by atoms with van der Waals surface area (Å²) in [5.74, 6) is 0.412. The van der Waals surface area contributed by atoms with E-state index in [1.54, 1.807) is 0 Å². The van der Waals surface area contributed by atoms with E-state index in [1.807, 2.05) is 48.5 Å². The molecule has 2 aromatic rings. The largest absolute Gasteiger partial charge is 0.396 e. The van der Waals surface area contributed by atoms with Crippen molar-refractivity contribution in [3.63, 3.8) is 0 Å². The zero-order valence-corrected chi connectivity index (χ0v) is 13.0. The summed E-state index contributed by atoms with van der Waals surface area (Å²) in [5.41, 5.74) is 2.28. The molecular weight excluding hydrogens is 288 g/mol. The number of rotatable bonds is 6. The number of hydrogen-bond donors (Lipinski definition) is 3. The molecule has 1 fully saturated rings. The van der Waals surface area contributed by atoms with Gasteiger partial charge in [0.1, 0.15) is 0 Å². The summed E-state index contributed by atoms with van der Waals surface area (Å²) < 4.78 is 0. The van der Waals surface area contributed by atoms with Gasteiger partial charge in [0.15, 0.2) is 0 Å². The first-order valence-electron chi connectivity index (χ1n) is 8.05. The van der Waals surface area contributed by atoms with Crippen molar-refractivity contribution < 1.29 is 9.90 Å². The Morgan fingerprint density at radius 2 is 1.74 bits per heavy atom. The third kappa shape index (κ3) is 4.11. The van der Waals surface area contributed by atoms with E-state index in [0.717, 1.165) is 12.0 Å². The average molecular weight is 310 g/mol. The lowest BCUT2D eigenvalue weighted by Crippen LogP contribution is -2.39. The van der Waals surface area contributed by atoms with Crippen LogP contribution in [0.2, 0.25) is 0 Å². The molecule has 3 atom stereocenters. The van der Waals surface area contributed by atoms with Gasteiger partial charge in [0.25, 0.3) is 0 Å². The van der Waals surface area contributed by atoms with Gasteiger partial charge in [-0.15, -0.1) is 0 Å². The molecule has 1 aliphatic rings. The van der Waals surface area contributed by atoms with Crippen LogP contribution < -0.4 is 10.6 Å². The Morgan fingerprint density at radius 1 is 1.09 bits per heavy atom. The molecule has 4 nitrogen and oxygen atoms in total. The standard InChI is InChI=1S/C19H22N2O2/c22-12-11-17(15-9-5-2-6-10-15)20-19(23)21-18-13-16(18)14-7-3-1-4-8-14/h1-10,16-18,22H,11-13H2,(H2,20,21,23)/t16?,17-,18?/m1/s1. The minimum atomic E-state index is -0.171. The van der Waals surface area contributed by atoms with E-state index in [-0.39, 0.29) is 24.7 Å². The lowest BCUT2D eigenvalue weighted by molar-refractivity contribution is 0.228. The topological polar surface area (TPSA) is 61.4 Å². The number of benzene rings is 2. The van der Waals surface area contributed by atoms with Crippen molar-refractivity contribution in [1.29, 1.82) is 0 Å². The van der Waals surface area contributed by atoms with Crippen molar-refractivity contribution in [1.82, 2.24) is 10.6 Å². The lowest BCUT2D eigenvalue weighted by Gasteiger charge is -2.18. The highest BCUT2D eigenvalue weighted by molar-refractivity contribution is 5.75. The van der Waals surface area contributed by atoms with Crippen LogP contribution in [0, 0.1) is 0 Å². The van der Waals surface area contributed by atoms with E-state index < -0.39 is 0 Å². The third-order valence-electron chi connectivity index (χ3n) is 4.26. The molecule has 23 heavy (non-hydrogen) atoms. The van der Waals surface area contributed by atoms with Crippen LogP contribution in [0.3, 0.4) is 0 Å². The van der Waals surface area contributed by atoms with Crippen molar-refractivity contribution in [3.8, 4) is 0 Å². The fraction of sp³-hybridized carbons (Fsp3) is 0.316. The molecule has 2 unspecified atom stereocenters. The second-order valence-electron chi connectivity index (χ2n) is 5.95. The number of aliphatic hydroxyl groups excluding tert-OH is 1. The van der Waals surface area contributed by atoms with Gasteiger partial charge in [0.05, 0.1) is 6.04 Å². The normalized spacial score (nSPS) is 20.6. The fourth-order valence-corrected chi connectivity index (χ4v) is 2.93. The third-order valence-corrected chi connectivity index (χ3v) is 4.26. The number of nitrogens with one attached hydrogen (secondary N) is 2. The Kier molecular flexibility index (Phi) is 4.93. The van der Waals surface area contributed by atoms with E-state index in [2.05, 4.69) is 22.8 Å². The Balaban J connectivity index is 1.54. The minimum absolute atomic E-state index is 0.0376. The Morgan fingerprint density at radius 3 is 2.39 bits per heavy atom. The minimum Gasteiger partial charge on any atom is -0.396 e. The first-order chi connectivity index (χ1) is 11.3. The molecule has 2 amide bonds. The number of aliphatic hydroxyl groups is 1. The molecule has 2 aromatic carbocycles. The van der Waals surface area contributed by atoms with Gasteiger partial charge in [-0.3, -0.25) is 0 Å². The highest BCUT2D eigenvalue weighted by Crippen LogP contribution is 2.40. The number of carbonyl (C=O) groups is 1. The first kappa shape index (κ1) is 15.6. The van der Waals surface area contributed by atoms with Gasteiger partial charge in [0.2, 0.25) is 0 Å². The predicted molar refractivity (Wildman–Crippen MR) is 90.1 cm³/mol. The first-order valence-corrected chi connectivity index (χ1v) is 8.05. The summed E-state index contributed by atoms with van der Waals surface area (Å²) in [6.45, 7) is 0.0376. The molecule has 1 saturated carbocycles. The maximum absolute atomic E-state index is 12.2. The Hall–Kier alpha value is -2.33. The van der Waals surface area contributed by atoms with E-state index in [0.29, 0.717) is 12.3 Å². The van der Waals surface area contributed by atoms with E-state index in [4.69, 9.17) is 0 Å². The molecule has 120 valence electrons. The van der Waals surface area contributed by atoms with Crippen LogP contribution in [-0.2, 0) is 0 Å². The van der Waals surface area contributed by atoms with Crippen molar-refractivity contribution in [2.75, 3.05) is 6.61 Å². The molecule has 0 heterocycles. The predicted octanol–water partition coefficient (Wildman–Crippen LogP) is 2.97. The van der Waals surface area contributed by atoms with E-state index >= 15 is 0 Å². The molecule has 0 radical (unpaired) electrons. The fourth-order valence-electron chi connectivity index (χ4n) is 2.93. The molecule has 3 N–H and O–H groups in total. The van der Waals surface area contributed by atoms with Crippen molar-refractivity contribution in [2.24, 2.45) is 0 Å². The lowest BCUT2D eigenvalue weighted by atomic mass is 10.0. The van der Waals surface area contributed by atoms with Gasteiger partial charge in [0, 0.05) is 18.6 Å². The van der Waals surface area contributed by atoms with Crippen LogP contribution >= 0.6 is 0 Å². The van der Waals surface area contributed by atoms with E-state index in [1.165, 1.54) is 5.56 Å². The molecule has 4 heteroatoms. The molecule has 0 bridgehead atoms. The Bertz CT molecular complexity index is 630. The summed E-state index contributed by atoms with van der Waals surface area (Å²) in [4.78, 5) is 12.2. The van der Waals surface area contributed by atoms with Gasteiger partial charge in [-0.2, -0.15) is 0 Å². The second kappa shape index (κ2) is 7.29.